The van der Waals surface area contributed by atoms with Crippen LogP contribution in [0.15, 0.2) is 40.5 Å². The molecule has 0 spiro atoms. The van der Waals surface area contributed by atoms with Crippen molar-refractivity contribution in [1.82, 2.24) is 15.0 Å². The lowest BCUT2D eigenvalue weighted by molar-refractivity contribution is 1.05. The van der Waals surface area contributed by atoms with Crippen LogP contribution in [0.4, 0.5) is 11.5 Å². The van der Waals surface area contributed by atoms with E-state index in [2.05, 4.69) is 20.3 Å². The molecule has 0 atom stereocenters. The molecule has 0 saturated heterocycles. The third-order valence-electron chi connectivity index (χ3n) is 2.86. The Balaban J connectivity index is 1.89. The van der Waals surface area contributed by atoms with Crippen LogP contribution in [0.1, 0.15) is 0 Å². The molecule has 1 aliphatic rings. The number of pyridine rings is 1. The summed E-state index contributed by atoms with van der Waals surface area (Å²) in [4.78, 5) is 13.4. The summed E-state index contributed by atoms with van der Waals surface area (Å²) < 4.78 is 0. The number of nitrogens with zero attached hydrogens (tertiary/aromatic N) is 3. The number of halogens is 2. The average Bonchev–Trinajstić information content (AvgIpc) is 2.43. The third-order valence-corrected chi connectivity index (χ3v) is 4.30. The summed E-state index contributed by atoms with van der Waals surface area (Å²) in [5.41, 5.74) is 2.40. The summed E-state index contributed by atoms with van der Waals surface area (Å²) >= 11 is 13.4. The molecule has 0 radical (unpaired) electrons. The third kappa shape index (κ3) is 1.98. The molecular weight excluding hydrogens is 315 g/mol. The predicted octanol–water partition coefficient (Wildman–Crippen LogP) is 4.54. The molecule has 1 aliphatic heterocycles. The van der Waals surface area contributed by atoms with E-state index in [1.54, 1.807) is 18.3 Å². The second-order valence-corrected chi connectivity index (χ2v) is 6.09. The van der Waals surface area contributed by atoms with Crippen molar-refractivity contribution in [3.05, 3.63) is 40.5 Å². The number of rotatable bonds is 0. The zero-order chi connectivity index (χ0) is 13.7. The first-order chi connectivity index (χ1) is 9.69. The summed E-state index contributed by atoms with van der Waals surface area (Å²) in [6.07, 6.45) is 1.62. The Kier molecular flexibility index (Phi) is 2.73. The van der Waals surface area contributed by atoms with E-state index in [1.165, 1.54) is 11.8 Å². The smallest absolute Gasteiger partial charge is 0.164 e. The molecule has 0 amide bonds. The predicted molar refractivity (Wildman–Crippen MR) is 81.2 cm³/mol. The van der Waals surface area contributed by atoms with Gasteiger partial charge in [0.25, 0.3) is 0 Å². The van der Waals surface area contributed by atoms with Crippen molar-refractivity contribution >= 4 is 57.5 Å². The second kappa shape index (κ2) is 4.48. The molecule has 3 aromatic rings. The van der Waals surface area contributed by atoms with Gasteiger partial charge in [-0.2, -0.15) is 0 Å². The minimum absolute atomic E-state index is 0.581. The van der Waals surface area contributed by atoms with E-state index in [9.17, 15) is 0 Å². The van der Waals surface area contributed by atoms with Gasteiger partial charge < -0.3 is 5.32 Å². The lowest BCUT2D eigenvalue weighted by Crippen LogP contribution is -2.05. The summed E-state index contributed by atoms with van der Waals surface area (Å²) in [5.74, 6) is 0.696. The molecule has 4 rings (SSSR count). The van der Waals surface area contributed by atoms with Gasteiger partial charge in [0.05, 0.1) is 21.7 Å². The summed E-state index contributed by atoms with van der Waals surface area (Å²) in [5, 5.41) is 6.06. The highest BCUT2D eigenvalue weighted by Gasteiger charge is 2.20. The first-order valence-corrected chi connectivity index (χ1v) is 7.34. The van der Waals surface area contributed by atoms with Crippen molar-refractivity contribution < 1.29 is 0 Å². The van der Waals surface area contributed by atoms with Gasteiger partial charge in [-0.3, -0.25) is 0 Å². The standard InChI is InChI=1S/C13H6Cl2N4S/c14-6-1-2-8-9(3-6)17-11-13(19-8)20-12-10(18-11)4-7(15)5-16-12/h1-5H,(H,17,18). The Hall–Kier alpha value is -1.56. The highest BCUT2D eigenvalue weighted by molar-refractivity contribution is 7.99. The zero-order valence-electron chi connectivity index (χ0n) is 9.89. The van der Waals surface area contributed by atoms with Crippen molar-refractivity contribution in [2.45, 2.75) is 10.1 Å². The molecule has 0 bridgehead atoms. The van der Waals surface area contributed by atoms with Crippen LogP contribution in [-0.4, -0.2) is 15.0 Å². The zero-order valence-corrected chi connectivity index (χ0v) is 12.2. The molecule has 0 saturated carbocycles. The molecule has 2 aromatic heterocycles. The van der Waals surface area contributed by atoms with Gasteiger partial charge >= 0.3 is 0 Å². The Morgan fingerprint density at radius 3 is 2.75 bits per heavy atom. The van der Waals surface area contributed by atoms with Crippen LogP contribution < -0.4 is 5.32 Å². The number of hydrogen-bond acceptors (Lipinski definition) is 5. The summed E-state index contributed by atoms with van der Waals surface area (Å²) in [7, 11) is 0. The van der Waals surface area contributed by atoms with E-state index in [0.29, 0.717) is 15.9 Å². The van der Waals surface area contributed by atoms with Gasteiger partial charge in [0.15, 0.2) is 5.82 Å². The first-order valence-electron chi connectivity index (χ1n) is 5.77. The van der Waals surface area contributed by atoms with Crippen LogP contribution in [-0.2, 0) is 0 Å². The fourth-order valence-electron chi connectivity index (χ4n) is 1.98. The number of nitrogens with one attached hydrogen (secondary N) is 1. The molecule has 7 heteroatoms. The van der Waals surface area contributed by atoms with Crippen LogP contribution in [0.25, 0.3) is 11.0 Å². The van der Waals surface area contributed by atoms with Gasteiger partial charge in [0.2, 0.25) is 0 Å². The Morgan fingerprint density at radius 1 is 0.950 bits per heavy atom. The number of anilines is 2. The van der Waals surface area contributed by atoms with Crippen molar-refractivity contribution in [2.75, 3.05) is 5.32 Å². The van der Waals surface area contributed by atoms with Crippen molar-refractivity contribution in [3.63, 3.8) is 0 Å². The lowest BCUT2D eigenvalue weighted by Gasteiger charge is -2.18. The molecular formula is C13H6Cl2N4S. The SMILES string of the molecule is Clc1cnc2c(c1)Nc1nc3cc(Cl)ccc3nc1S2. The van der Waals surface area contributed by atoms with Crippen molar-refractivity contribution in [2.24, 2.45) is 0 Å². The van der Waals surface area contributed by atoms with Gasteiger partial charge in [-0.15, -0.1) is 0 Å². The molecule has 20 heavy (non-hydrogen) atoms. The van der Waals surface area contributed by atoms with Crippen molar-refractivity contribution in [1.29, 1.82) is 0 Å². The van der Waals surface area contributed by atoms with E-state index in [0.717, 1.165) is 26.8 Å². The molecule has 3 heterocycles. The van der Waals surface area contributed by atoms with E-state index in [1.807, 2.05) is 12.1 Å². The number of hydrogen-bond donors (Lipinski definition) is 1. The maximum Gasteiger partial charge on any atom is 0.164 e. The molecule has 0 aliphatic carbocycles. The number of aromatic nitrogens is 3. The normalized spacial score (nSPS) is 12.7. The average molecular weight is 321 g/mol. The Labute approximate surface area is 128 Å². The summed E-state index contributed by atoms with van der Waals surface area (Å²) in [6, 6.07) is 7.28. The maximum atomic E-state index is 5.98. The summed E-state index contributed by atoms with van der Waals surface area (Å²) in [6.45, 7) is 0. The Morgan fingerprint density at radius 2 is 1.85 bits per heavy atom. The van der Waals surface area contributed by atoms with Crippen LogP contribution in [0.2, 0.25) is 10.0 Å². The highest BCUT2D eigenvalue weighted by Crippen LogP contribution is 2.42. The second-order valence-electron chi connectivity index (χ2n) is 4.24. The molecule has 98 valence electrons. The van der Waals surface area contributed by atoms with Gasteiger partial charge in [-0.05, 0) is 36.0 Å². The van der Waals surface area contributed by atoms with Gasteiger partial charge in [0.1, 0.15) is 10.1 Å². The largest absolute Gasteiger partial charge is 0.336 e. The van der Waals surface area contributed by atoms with Gasteiger partial charge in [-0.25, -0.2) is 15.0 Å². The highest BCUT2D eigenvalue weighted by atomic mass is 35.5. The molecule has 4 nitrogen and oxygen atoms in total. The molecule has 0 fully saturated rings. The van der Waals surface area contributed by atoms with E-state index < -0.39 is 0 Å². The lowest BCUT2D eigenvalue weighted by atomic mass is 10.3. The Bertz CT molecular complexity index is 853. The maximum absolute atomic E-state index is 5.98. The molecule has 0 unspecified atom stereocenters. The van der Waals surface area contributed by atoms with Gasteiger partial charge in [0, 0.05) is 11.2 Å². The van der Waals surface area contributed by atoms with E-state index >= 15 is 0 Å². The molecule has 1 aromatic carbocycles. The fourth-order valence-corrected chi connectivity index (χ4v) is 3.15. The van der Waals surface area contributed by atoms with E-state index in [-0.39, 0.29) is 0 Å². The van der Waals surface area contributed by atoms with Crippen LogP contribution in [0.5, 0.6) is 0 Å². The molecule has 1 N–H and O–H groups in total. The quantitative estimate of drug-likeness (QED) is 0.515. The first kappa shape index (κ1) is 12.2. The minimum Gasteiger partial charge on any atom is -0.336 e. The number of benzene rings is 1. The fraction of sp³-hybridized carbons (Fsp3) is 0. The van der Waals surface area contributed by atoms with Crippen LogP contribution in [0.3, 0.4) is 0 Å². The minimum atomic E-state index is 0.581. The topological polar surface area (TPSA) is 50.7 Å². The van der Waals surface area contributed by atoms with Gasteiger partial charge in [-0.1, -0.05) is 23.2 Å². The number of fused-ring (bicyclic) bond motifs is 3. The van der Waals surface area contributed by atoms with Crippen LogP contribution >= 0.6 is 35.0 Å². The van der Waals surface area contributed by atoms with E-state index in [4.69, 9.17) is 23.2 Å². The monoisotopic (exact) mass is 320 g/mol. The van der Waals surface area contributed by atoms with Crippen molar-refractivity contribution in [3.8, 4) is 0 Å². The van der Waals surface area contributed by atoms with Crippen LogP contribution in [0, 0.1) is 0 Å².